The van der Waals surface area contributed by atoms with Crippen LogP contribution in [0.15, 0.2) is 36.4 Å². The summed E-state index contributed by atoms with van der Waals surface area (Å²) in [4.78, 5) is 24.0. The van der Waals surface area contributed by atoms with E-state index in [2.05, 4.69) is 10.1 Å². The second kappa shape index (κ2) is 8.70. The number of halogens is 4. The van der Waals surface area contributed by atoms with Gasteiger partial charge in [-0.1, -0.05) is 11.6 Å². The first-order valence-electron chi connectivity index (χ1n) is 7.55. The molecule has 0 aliphatic heterocycles. The van der Waals surface area contributed by atoms with E-state index in [0.717, 1.165) is 12.1 Å². The van der Waals surface area contributed by atoms with Crippen LogP contribution in [0.25, 0.3) is 0 Å². The Morgan fingerprint density at radius 1 is 1.18 bits per heavy atom. The number of benzene rings is 2. The third-order valence-electron chi connectivity index (χ3n) is 3.24. The number of hydrogen-bond acceptors (Lipinski definition) is 6. The Hall–Kier alpha value is -3.14. The fraction of sp³-hybridized carbons (Fsp3) is 0.176. The molecule has 0 aliphatic rings. The summed E-state index contributed by atoms with van der Waals surface area (Å²) in [7, 11) is 1.32. The van der Waals surface area contributed by atoms with E-state index >= 15 is 0 Å². The van der Waals surface area contributed by atoms with Crippen molar-refractivity contribution in [1.29, 1.82) is 0 Å². The predicted octanol–water partition coefficient (Wildman–Crippen LogP) is 3.62. The van der Waals surface area contributed by atoms with Gasteiger partial charge in [-0.3, -0.25) is 4.79 Å². The molecule has 0 bridgehead atoms. The van der Waals surface area contributed by atoms with E-state index in [9.17, 15) is 22.8 Å². The number of carbonyl (C=O) groups is 2. The second-order valence-corrected chi connectivity index (χ2v) is 5.68. The van der Waals surface area contributed by atoms with Crippen LogP contribution in [0, 0.1) is 0 Å². The Kier molecular flexibility index (Phi) is 6.57. The second-order valence-electron chi connectivity index (χ2n) is 5.27. The minimum atomic E-state index is -4.81. The smallest absolute Gasteiger partial charge is 0.496 e. The summed E-state index contributed by atoms with van der Waals surface area (Å²) >= 11 is 5.86. The maximum Gasteiger partial charge on any atom is 0.573 e. The molecule has 150 valence electrons. The zero-order valence-corrected chi connectivity index (χ0v) is 15.1. The number of nitrogens with two attached hydrogens (primary N) is 1. The van der Waals surface area contributed by atoms with Gasteiger partial charge in [0.1, 0.15) is 17.1 Å². The van der Waals surface area contributed by atoms with Gasteiger partial charge < -0.3 is 25.3 Å². The molecule has 1 amide bonds. The summed E-state index contributed by atoms with van der Waals surface area (Å²) in [5, 5.41) is 2.47. The highest BCUT2D eigenvalue weighted by atomic mass is 35.5. The highest BCUT2D eigenvalue weighted by molar-refractivity contribution is 6.33. The summed E-state index contributed by atoms with van der Waals surface area (Å²) < 4.78 is 49.9. The molecule has 0 fully saturated rings. The van der Waals surface area contributed by atoms with Gasteiger partial charge in [-0.2, -0.15) is 0 Å². The van der Waals surface area contributed by atoms with Gasteiger partial charge in [-0.25, -0.2) is 4.79 Å². The number of alkyl halides is 3. The molecule has 0 unspecified atom stereocenters. The van der Waals surface area contributed by atoms with E-state index in [4.69, 9.17) is 26.8 Å². The van der Waals surface area contributed by atoms with Crippen LogP contribution in [0.2, 0.25) is 5.02 Å². The topological polar surface area (TPSA) is 99.9 Å². The van der Waals surface area contributed by atoms with Gasteiger partial charge in [0.25, 0.3) is 5.91 Å². The monoisotopic (exact) mass is 418 g/mol. The summed E-state index contributed by atoms with van der Waals surface area (Å²) in [6.45, 7) is -0.648. The quantitative estimate of drug-likeness (QED) is 0.549. The maximum atomic E-state index is 12.1. The molecule has 7 nitrogen and oxygen atoms in total. The summed E-state index contributed by atoms with van der Waals surface area (Å²) in [5.41, 5.74) is 5.98. The molecule has 0 aromatic heterocycles. The lowest BCUT2D eigenvalue weighted by Gasteiger charge is -2.11. The first-order chi connectivity index (χ1) is 13.1. The number of esters is 1. The van der Waals surface area contributed by atoms with E-state index < -0.39 is 30.6 Å². The Bertz CT molecular complexity index is 872. The van der Waals surface area contributed by atoms with Crippen LogP contribution in [0.5, 0.6) is 11.5 Å². The lowest BCUT2D eigenvalue weighted by atomic mass is 10.2. The average molecular weight is 419 g/mol. The SMILES string of the molecule is COc1cc(N)c(Cl)cc1C(=O)OCC(=O)Nc1ccc(OC(F)(F)F)cc1. The number of anilines is 2. The van der Waals surface area contributed by atoms with E-state index in [1.54, 1.807) is 0 Å². The molecular weight excluding hydrogens is 405 g/mol. The number of rotatable bonds is 6. The molecule has 2 rings (SSSR count). The van der Waals surface area contributed by atoms with E-state index in [0.29, 0.717) is 0 Å². The molecule has 0 saturated heterocycles. The number of nitrogens with one attached hydrogen (secondary N) is 1. The van der Waals surface area contributed by atoms with Crippen molar-refractivity contribution in [1.82, 2.24) is 0 Å². The van der Waals surface area contributed by atoms with E-state index in [1.807, 2.05) is 0 Å². The van der Waals surface area contributed by atoms with Gasteiger partial charge in [0, 0.05) is 11.8 Å². The molecule has 2 aromatic carbocycles. The normalized spacial score (nSPS) is 10.9. The largest absolute Gasteiger partial charge is 0.573 e. The molecule has 0 aliphatic carbocycles. The molecule has 3 N–H and O–H groups in total. The van der Waals surface area contributed by atoms with E-state index in [1.165, 1.54) is 31.4 Å². The van der Waals surface area contributed by atoms with Crippen molar-refractivity contribution in [3.8, 4) is 11.5 Å². The van der Waals surface area contributed by atoms with Gasteiger partial charge in [-0.15, -0.1) is 13.2 Å². The standard InChI is InChI=1S/C17H14ClF3N2O5/c1-26-14-7-13(22)12(18)6-11(14)16(25)27-8-15(24)23-9-2-4-10(5-3-9)28-17(19,20)21/h2-7H,8,22H2,1H3,(H,23,24). The third-order valence-corrected chi connectivity index (χ3v) is 3.57. The maximum absolute atomic E-state index is 12.1. The molecular formula is C17H14ClF3N2O5. The average Bonchev–Trinajstić information content (AvgIpc) is 2.62. The number of methoxy groups -OCH3 is 1. The molecule has 0 saturated carbocycles. The van der Waals surface area contributed by atoms with Crippen LogP contribution in [0.4, 0.5) is 24.5 Å². The minimum absolute atomic E-state index is 0.0249. The molecule has 0 heterocycles. The Morgan fingerprint density at radius 2 is 1.82 bits per heavy atom. The molecule has 2 aromatic rings. The predicted molar refractivity (Wildman–Crippen MR) is 94.5 cm³/mol. The highest BCUT2D eigenvalue weighted by Crippen LogP contribution is 2.29. The fourth-order valence-corrected chi connectivity index (χ4v) is 2.21. The number of hydrogen-bond donors (Lipinski definition) is 2. The molecule has 0 spiro atoms. The van der Waals surface area contributed by atoms with Crippen LogP contribution in [0.1, 0.15) is 10.4 Å². The van der Waals surface area contributed by atoms with Crippen LogP contribution >= 0.6 is 11.6 Å². The summed E-state index contributed by atoms with van der Waals surface area (Å²) in [6, 6.07) is 7.03. The number of nitrogen functional groups attached to an aromatic ring is 1. The Labute approximate surface area is 162 Å². The van der Waals surface area contributed by atoms with Crippen LogP contribution in [-0.4, -0.2) is 32.0 Å². The van der Waals surface area contributed by atoms with Crippen LogP contribution in [0.3, 0.4) is 0 Å². The summed E-state index contributed by atoms with van der Waals surface area (Å²) in [5.74, 6) is -1.90. The van der Waals surface area contributed by atoms with Crippen molar-refractivity contribution in [2.75, 3.05) is 24.8 Å². The van der Waals surface area contributed by atoms with Gasteiger partial charge in [0.15, 0.2) is 6.61 Å². The number of carbonyl (C=O) groups excluding carboxylic acids is 2. The fourth-order valence-electron chi connectivity index (χ4n) is 2.04. The Morgan fingerprint density at radius 3 is 2.39 bits per heavy atom. The molecule has 11 heteroatoms. The van der Waals surface area contributed by atoms with Gasteiger partial charge >= 0.3 is 12.3 Å². The van der Waals surface area contributed by atoms with Crippen molar-refractivity contribution in [2.24, 2.45) is 0 Å². The first-order valence-corrected chi connectivity index (χ1v) is 7.92. The van der Waals surface area contributed by atoms with Gasteiger partial charge in [-0.05, 0) is 30.3 Å². The first kappa shape index (κ1) is 21.2. The van der Waals surface area contributed by atoms with Gasteiger partial charge in [0.05, 0.1) is 17.8 Å². The number of ether oxygens (including phenoxy) is 3. The molecule has 28 heavy (non-hydrogen) atoms. The minimum Gasteiger partial charge on any atom is -0.496 e. The number of amides is 1. The zero-order valence-electron chi connectivity index (χ0n) is 14.3. The zero-order chi connectivity index (χ0) is 20.9. The van der Waals surface area contributed by atoms with Crippen molar-refractivity contribution >= 4 is 34.9 Å². The van der Waals surface area contributed by atoms with Crippen LogP contribution in [-0.2, 0) is 9.53 Å². The lowest BCUT2D eigenvalue weighted by molar-refractivity contribution is -0.274. The van der Waals surface area contributed by atoms with Crippen molar-refractivity contribution in [3.63, 3.8) is 0 Å². The lowest BCUT2D eigenvalue weighted by Crippen LogP contribution is -2.21. The van der Waals surface area contributed by atoms with Gasteiger partial charge in [0.2, 0.25) is 0 Å². The van der Waals surface area contributed by atoms with Crippen molar-refractivity contribution < 1.29 is 37.0 Å². The van der Waals surface area contributed by atoms with Crippen molar-refractivity contribution in [2.45, 2.75) is 6.36 Å². The summed E-state index contributed by atoms with van der Waals surface area (Å²) in [6.07, 6.45) is -4.81. The van der Waals surface area contributed by atoms with E-state index in [-0.39, 0.29) is 27.7 Å². The molecule has 0 atom stereocenters. The van der Waals surface area contributed by atoms with Crippen LogP contribution < -0.4 is 20.5 Å². The highest BCUT2D eigenvalue weighted by Gasteiger charge is 2.31. The van der Waals surface area contributed by atoms with Crippen molar-refractivity contribution in [3.05, 3.63) is 47.0 Å². The molecule has 0 radical (unpaired) electrons. The Balaban J connectivity index is 1.94. The third kappa shape index (κ3) is 5.95.